The molecule has 0 atom stereocenters. The number of pyridine rings is 1. The van der Waals surface area contributed by atoms with Crippen LogP contribution in [0, 0.1) is 0 Å². The molecule has 1 heterocycles. The summed E-state index contributed by atoms with van der Waals surface area (Å²) in [6.45, 7) is 5.79. The number of nitrogens with zero attached hydrogens (tertiary/aromatic N) is 1. The molecule has 16 heavy (non-hydrogen) atoms. The molecule has 0 spiro atoms. The van der Waals surface area contributed by atoms with E-state index in [4.69, 9.17) is 16.3 Å². The summed E-state index contributed by atoms with van der Waals surface area (Å²) in [7, 11) is 0. The van der Waals surface area contributed by atoms with Crippen molar-refractivity contribution in [1.82, 2.24) is 10.3 Å². The van der Waals surface area contributed by atoms with Crippen molar-refractivity contribution in [2.24, 2.45) is 0 Å². The van der Waals surface area contributed by atoms with E-state index in [0.29, 0.717) is 23.6 Å². The number of ether oxygens (including phenoxy) is 1. The highest BCUT2D eigenvalue weighted by molar-refractivity contribution is 9.10. The van der Waals surface area contributed by atoms with Crippen LogP contribution in [0.15, 0.2) is 16.7 Å². The van der Waals surface area contributed by atoms with Crippen molar-refractivity contribution in [3.63, 3.8) is 0 Å². The minimum Gasteiger partial charge on any atom is -0.477 e. The van der Waals surface area contributed by atoms with Crippen molar-refractivity contribution < 1.29 is 4.74 Å². The van der Waals surface area contributed by atoms with Crippen molar-refractivity contribution in [2.45, 2.75) is 26.3 Å². The zero-order valence-electron chi connectivity index (χ0n) is 9.46. The molecule has 0 saturated heterocycles. The summed E-state index contributed by atoms with van der Waals surface area (Å²) in [6.07, 6.45) is 2.61. The molecule has 0 amide bonds. The van der Waals surface area contributed by atoms with E-state index in [9.17, 15) is 0 Å². The Labute approximate surface area is 110 Å². The largest absolute Gasteiger partial charge is 0.477 e. The molecular weight excluding hydrogens is 291 g/mol. The second kappa shape index (κ2) is 7.09. The average molecular weight is 308 g/mol. The topological polar surface area (TPSA) is 34.1 Å². The summed E-state index contributed by atoms with van der Waals surface area (Å²) in [6, 6.07) is 2.28. The molecule has 0 fully saturated rings. The second-order valence-electron chi connectivity index (χ2n) is 3.75. The van der Waals surface area contributed by atoms with Crippen LogP contribution < -0.4 is 10.1 Å². The molecule has 0 aromatic carbocycles. The van der Waals surface area contributed by atoms with Crippen LogP contribution in [0.3, 0.4) is 0 Å². The Kier molecular flexibility index (Phi) is 6.09. The highest BCUT2D eigenvalue weighted by atomic mass is 79.9. The first-order valence-electron chi connectivity index (χ1n) is 5.27. The summed E-state index contributed by atoms with van der Waals surface area (Å²) >= 11 is 9.25. The first-order chi connectivity index (χ1) is 7.59. The highest BCUT2D eigenvalue weighted by Gasteiger charge is 2.03. The van der Waals surface area contributed by atoms with Gasteiger partial charge in [-0.3, -0.25) is 0 Å². The van der Waals surface area contributed by atoms with Crippen molar-refractivity contribution in [1.29, 1.82) is 0 Å². The van der Waals surface area contributed by atoms with E-state index in [1.807, 2.05) is 0 Å². The molecule has 0 radical (unpaired) electrons. The van der Waals surface area contributed by atoms with Gasteiger partial charge in [-0.05, 0) is 35.0 Å². The van der Waals surface area contributed by atoms with Gasteiger partial charge in [0.25, 0.3) is 0 Å². The first kappa shape index (κ1) is 13.7. The Balaban J connectivity index is 2.27. The molecule has 90 valence electrons. The van der Waals surface area contributed by atoms with Crippen LogP contribution in [0.25, 0.3) is 0 Å². The predicted molar refractivity (Wildman–Crippen MR) is 70.2 cm³/mol. The van der Waals surface area contributed by atoms with Crippen LogP contribution in [0.1, 0.15) is 20.3 Å². The molecule has 0 aliphatic rings. The van der Waals surface area contributed by atoms with Gasteiger partial charge in [-0.1, -0.05) is 25.4 Å². The van der Waals surface area contributed by atoms with Crippen molar-refractivity contribution >= 4 is 27.5 Å². The first-order valence-corrected chi connectivity index (χ1v) is 6.44. The molecule has 1 aromatic heterocycles. The van der Waals surface area contributed by atoms with E-state index < -0.39 is 0 Å². The predicted octanol–water partition coefficient (Wildman–Crippen LogP) is 3.26. The van der Waals surface area contributed by atoms with Gasteiger partial charge >= 0.3 is 0 Å². The lowest BCUT2D eigenvalue weighted by Gasteiger charge is -2.09. The fraction of sp³-hybridized carbons (Fsp3) is 0.545. The highest BCUT2D eigenvalue weighted by Crippen LogP contribution is 2.24. The molecule has 0 aliphatic carbocycles. The molecule has 0 saturated carbocycles. The van der Waals surface area contributed by atoms with Crippen LogP contribution in [-0.2, 0) is 0 Å². The SMILES string of the molecule is CC(C)NCCCOc1ncc(Br)cc1Cl. The van der Waals surface area contributed by atoms with Gasteiger partial charge in [0.1, 0.15) is 5.02 Å². The smallest absolute Gasteiger partial charge is 0.232 e. The molecule has 1 aromatic rings. The molecular formula is C11H16BrClN2O. The van der Waals surface area contributed by atoms with Gasteiger partial charge < -0.3 is 10.1 Å². The summed E-state index contributed by atoms with van der Waals surface area (Å²) < 4.78 is 6.32. The Morgan fingerprint density at radius 2 is 2.31 bits per heavy atom. The van der Waals surface area contributed by atoms with E-state index in [1.54, 1.807) is 12.3 Å². The molecule has 5 heteroatoms. The van der Waals surface area contributed by atoms with E-state index in [1.165, 1.54) is 0 Å². The maximum atomic E-state index is 5.96. The van der Waals surface area contributed by atoms with Crippen LogP contribution in [0.2, 0.25) is 5.02 Å². The monoisotopic (exact) mass is 306 g/mol. The average Bonchev–Trinajstić information content (AvgIpc) is 2.20. The van der Waals surface area contributed by atoms with Crippen LogP contribution in [0.4, 0.5) is 0 Å². The van der Waals surface area contributed by atoms with Gasteiger partial charge in [-0.2, -0.15) is 0 Å². The third-order valence-corrected chi connectivity index (χ3v) is 2.59. The summed E-state index contributed by atoms with van der Waals surface area (Å²) in [5.41, 5.74) is 0. The number of hydrogen-bond acceptors (Lipinski definition) is 3. The van der Waals surface area contributed by atoms with Gasteiger partial charge in [0, 0.05) is 16.7 Å². The Hall–Kier alpha value is -0.320. The standard InChI is InChI=1S/C11H16BrClN2O/c1-8(2)14-4-3-5-16-11-10(13)6-9(12)7-15-11/h6-8,14H,3-5H2,1-2H3. The molecule has 0 aliphatic heterocycles. The van der Waals surface area contributed by atoms with Crippen molar-refractivity contribution in [3.8, 4) is 5.88 Å². The Bertz CT molecular complexity index is 334. The normalized spacial score (nSPS) is 10.8. The summed E-state index contributed by atoms with van der Waals surface area (Å²) in [5.74, 6) is 0.495. The Morgan fingerprint density at radius 3 is 2.94 bits per heavy atom. The molecule has 3 nitrogen and oxygen atoms in total. The minimum absolute atomic E-state index is 0.495. The van der Waals surface area contributed by atoms with E-state index in [-0.39, 0.29) is 0 Å². The molecule has 1 rings (SSSR count). The van der Waals surface area contributed by atoms with Gasteiger partial charge in [-0.25, -0.2) is 4.98 Å². The molecule has 0 unspecified atom stereocenters. The van der Waals surface area contributed by atoms with Crippen molar-refractivity contribution in [3.05, 3.63) is 21.8 Å². The van der Waals surface area contributed by atoms with Crippen LogP contribution >= 0.6 is 27.5 Å². The zero-order valence-corrected chi connectivity index (χ0v) is 11.8. The molecule has 0 bridgehead atoms. The van der Waals surface area contributed by atoms with Gasteiger partial charge in [0.15, 0.2) is 0 Å². The third-order valence-electron chi connectivity index (χ3n) is 1.89. The van der Waals surface area contributed by atoms with E-state index in [0.717, 1.165) is 17.4 Å². The zero-order chi connectivity index (χ0) is 12.0. The van der Waals surface area contributed by atoms with Crippen LogP contribution in [-0.4, -0.2) is 24.2 Å². The summed E-state index contributed by atoms with van der Waals surface area (Å²) in [5, 5.41) is 3.85. The number of aromatic nitrogens is 1. The van der Waals surface area contributed by atoms with Gasteiger partial charge in [0.05, 0.1) is 6.61 Å². The fourth-order valence-corrected chi connectivity index (χ4v) is 1.82. The lowest BCUT2D eigenvalue weighted by Crippen LogP contribution is -2.24. The van der Waals surface area contributed by atoms with Crippen molar-refractivity contribution in [2.75, 3.05) is 13.2 Å². The number of halogens is 2. The fourth-order valence-electron chi connectivity index (χ4n) is 1.14. The lowest BCUT2D eigenvalue weighted by atomic mass is 10.3. The summed E-state index contributed by atoms with van der Waals surface area (Å²) in [4.78, 5) is 4.09. The number of nitrogens with one attached hydrogen (secondary N) is 1. The maximum Gasteiger partial charge on any atom is 0.232 e. The van der Waals surface area contributed by atoms with E-state index in [2.05, 4.69) is 40.1 Å². The van der Waals surface area contributed by atoms with Gasteiger partial charge in [-0.15, -0.1) is 0 Å². The lowest BCUT2D eigenvalue weighted by molar-refractivity contribution is 0.295. The minimum atomic E-state index is 0.495. The second-order valence-corrected chi connectivity index (χ2v) is 5.07. The third kappa shape index (κ3) is 5.14. The number of hydrogen-bond donors (Lipinski definition) is 1. The maximum absolute atomic E-state index is 5.96. The quantitative estimate of drug-likeness (QED) is 0.819. The van der Waals surface area contributed by atoms with Gasteiger partial charge in [0.2, 0.25) is 5.88 Å². The number of rotatable bonds is 6. The van der Waals surface area contributed by atoms with E-state index >= 15 is 0 Å². The molecule has 1 N–H and O–H groups in total. The Morgan fingerprint density at radius 1 is 1.56 bits per heavy atom. The van der Waals surface area contributed by atoms with Crippen LogP contribution in [0.5, 0.6) is 5.88 Å².